The van der Waals surface area contributed by atoms with Gasteiger partial charge in [-0.2, -0.15) is 0 Å². The van der Waals surface area contributed by atoms with Crippen molar-refractivity contribution in [2.75, 3.05) is 13.7 Å². The summed E-state index contributed by atoms with van der Waals surface area (Å²) in [5.74, 6) is -2.07. The van der Waals surface area contributed by atoms with Crippen molar-refractivity contribution < 1.29 is 78.5 Å². The quantitative estimate of drug-likeness (QED) is 0.118. The van der Waals surface area contributed by atoms with E-state index in [4.69, 9.17) is 32.8 Å². The normalized spacial score (nSPS) is 51.7. The van der Waals surface area contributed by atoms with Crippen molar-refractivity contribution in [2.45, 2.75) is 169 Å². The molecule has 0 spiro atoms. The maximum absolute atomic E-state index is 12.9. The van der Waals surface area contributed by atoms with Crippen LogP contribution in [0.2, 0.25) is 0 Å². The van der Waals surface area contributed by atoms with Crippen molar-refractivity contribution in [3.8, 4) is 0 Å². The van der Waals surface area contributed by atoms with Crippen LogP contribution in [0, 0.1) is 22.7 Å². The Hall–Kier alpha value is -2.10. The Morgan fingerprint density at radius 3 is 2.27 bits per heavy atom. The van der Waals surface area contributed by atoms with Crippen LogP contribution in [0.15, 0.2) is 27.6 Å². The van der Waals surface area contributed by atoms with Crippen LogP contribution in [-0.4, -0.2) is 151 Å². The van der Waals surface area contributed by atoms with E-state index in [1.165, 1.54) is 26.4 Å². The van der Waals surface area contributed by atoms with Crippen LogP contribution in [0.4, 0.5) is 0 Å². The number of rotatable bonds is 8. The number of ether oxygens (including phenoxy) is 6. The molecule has 316 valence electrons. The van der Waals surface area contributed by atoms with Crippen molar-refractivity contribution >= 4 is 5.97 Å². The smallest absolute Gasteiger partial charge is 0.335 e. The topological polar surface area (TPSA) is 264 Å². The van der Waals surface area contributed by atoms with Crippen LogP contribution in [0.3, 0.4) is 0 Å². The molecule has 17 nitrogen and oxygen atoms in total. The average molecular weight is 799 g/mol. The highest BCUT2D eigenvalue weighted by atomic mass is 16.7. The van der Waals surface area contributed by atoms with Crippen LogP contribution < -0.4 is 5.63 Å². The van der Waals surface area contributed by atoms with E-state index < -0.39 is 138 Å². The Morgan fingerprint density at radius 1 is 0.911 bits per heavy atom. The van der Waals surface area contributed by atoms with Crippen molar-refractivity contribution in [3.05, 3.63) is 34.4 Å². The Kier molecular flexibility index (Phi) is 11.4. The lowest BCUT2D eigenvalue weighted by atomic mass is 9.40. The summed E-state index contributed by atoms with van der Waals surface area (Å²) in [5.41, 5.74) is -5.50. The summed E-state index contributed by atoms with van der Waals surface area (Å²) < 4.78 is 40.1. The number of hydrogen-bond acceptors (Lipinski definition) is 17. The number of esters is 1. The highest BCUT2D eigenvalue weighted by molar-refractivity contribution is 5.66. The first-order valence-electron chi connectivity index (χ1n) is 19.7. The number of carbonyl (C=O) groups is 1. The molecule has 3 heterocycles. The molecule has 2 aliphatic heterocycles. The van der Waals surface area contributed by atoms with Gasteiger partial charge >= 0.3 is 11.6 Å². The van der Waals surface area contributed by atoms with Gasteiger partial charge < -0.3 is 73.7 Å². The predicted molar refractivity (Wildman–Crippen MR) is 189 cm³/mol. The molecule has 0 radical (unpaired) electrons. The second-order valence-electron chi connectivity index (χ2n) is 17.5. The van der Waals surface area contributed by atoms with Crippen LogP contribution in [0.25, 0.3) is 0 Å². The third-order valence-corrected chi connectivity index (χ3v) is 14.9. The van der Waals surface area contributed by atoms with E-state index in [2.05, 4.69) is 0 Å². The molecule has 0 amide bonds. The molecule has 0 aromatic carbocycles. The third-order valence-electron chi connectivity index (χ3n) is 14.9. The van der Waals surface area contributed by atoms with Crippen LogP contribution in [0.5, 0.6) is 0 Å². The van der Waals surface area contributed by atoms with E-state index in [1.54, 1.807) is 19.9 Å². The van der Waals surface area contributed by atoms with Crippen LogP contribution >= 0.6 is 0 Å². The third kappa shape index (κ3) is 6.40. The van der Waals surface area contributed by atoms with E-state index in [0.717, 1.165) is 0 Å². The summed E-state index contributed by atoms with van der Waals surface area (Å²) in [4.78, 5) is 24.4. The van der Waals surface area contributed by atoms with Crippen LogP contribution in [0.1, 0.15) is 84.1 Å². The lowest BCUT2D eigenvalue weighted by Crippen LogP contribution is -2.77. The molecule has 20 atom stereocenters. The fraction of sp³-hybridized carbons (Fsp3) is 0.846. The molecule has 8 N–H and O–H groups in total. The lowest BCUT2D eigenvalue weighted by Gasteiger charge is -2.69. The second-order valence-corrected chi connectivity index (χ2v) is 17.5. The Bertz CT molecular complexity index is 1620. The first-order valence-corrected chi connectivity index (χ1v) is 19.7. The SMILES string of the molecule is CO[C@@H]1[C@H](O)[C@H](O[C@H]2[C@@H](O)[C@H](O)[C@@H](O[C@H]3CC[C@]4(C)[C@H](C3)[C@H](OC(C)=O)C[C@@]3(O)[C@H]4C[C@H](O)[C@@]4(C)[C@@H](c5ccc(=O)oc5)CC[C@]43O)O[C@H]2CO)O[C@@H](C)[C@@H]1O. The first kappa shape index (κ1) is 42.0. The molecule has 6 aliphatic rings. The molecule has 6 fully saturated rings. The molecule has 4 saturated carbocycles. The van der Waals surface area contributed by atoms with Gasteiger partial charge in [0.1, 0.15) is 60.0 Å². The van der Waals surface area contributed by atoms with E-state index in [1.807, 2.05) is 6.92 Å². The summed E-state index contributed by atoms with van der Waals surface area (Å²) in [5, 5.41) is 91.7. The fourth-order valence-electron chi connectivity index (χ4n) is 11.9. The lowest BCUT2D eigenvalue weighted by molar-refractivity contribution is -0.365. The molecule has 1 aromatic heterocycles. The predicted octanol–water partition coefficient (Wildman–Crippen LogP) is -0.801. The van der Waals surface area contributed by atoms with Gasteiger partial charge in [0.2, 0.25) is 0 Å². The van der Waals surface area contributed by atoms with Gasteiger partial charge in [0.25, 0.3) is 0 Å². The van der Waals surface area contributed by atoms with Crippen molar-refractivity contribution in [1.29, 1.82) is 0 Å². The number of aliphatic hydroxyl groups excluding tert-OH is 6. The van der Waals surface area contributed by atoms with Crippen molar-refractivity contribution in [1.82, 2.24) is 0 Å². The standard InChI is InChI=1S/C39H58O17/c1-17-28(44)33(50-5)31(47)35(52-17)56-32-24(15-40)55-34(30(46)29(32)45)54-20-8-10-36(3)22(12-20)23(53-18(2)41)14-38(48)25(36)13-26(42)37(4)21(9-11-39(37,38)49)19-6-7-27(43)51-16-19/h6-7,16-17,20-26,28-35,40,42,44-49H,8-15H2,1-5H3/t17-,20-,21+,22+,23+,24-,25-,26-,28-,29-,30-,31-,32+,33-,34-,35-,36+,37+,38+,39-/m0/s1. The maximum Gasteiger partial charge on any atom is 0.335 e. The fourth-order valence-corrected chi connectivity index (χ4v) is 11.9. The monoisotopic (exact) mass is 798 g/mol. The van der Waals surface area contributed by atoms with Gasteiger partial charge in [0, 0.05) is 37.9 Å². The summed E-state index contributed by atoms with van der Waals surface area (Å²) in [6.45, 7) is 5.91. The summed E-state index contributed by atoms with van der Waals surface area (Å²) in [7, 11) is 1.31. The highest BCUT2D eigenvalue weighted by Crippen LogP contribution is 2.72. The second kappa shape index (κ2) is 15.2. The highest BCUT2D eigenvalue weighted by Gasteiger charge is 2.78. The molecule has 2 saturated heterocycles. The maximum atomic E-state index is 12.9. The van der Waals surface area contributed by atoms with E-state index in [9.17, 15) is 50.4 Å². The Labute approximate surface area is 324 Å². The minimum Gasteiger partial charge on any atom is -0.462 e. The number of methoxy groups -OCH3 is 1. The molecule has 0 unspecified atom stereocenters. The summed E-state index contributed by atoms with van der Waals surface area (Å²) >= 11 is 0. The van der Waals surface area contributed by atoms with E-state index in [0.29, 0.717) is 24.8 Å². The molecule has 7 rings (SSSR count). The van der Waals surface area contributed by atoms with Gasteiger partial charge in [-0.05, 0) is 74.3 Å². The molecular weight excluding hydrogens is 740 g/mol. The molecule has 0 bridgehead atoms. The number of carbonyl (C=O) groups excluding carboxylic acids is 1. The number of aliphatic hydroxyl groups is 8. The minimum absolute atomic E-state index is 0.110. The van der Waals surface area contributed by atoms with Crippen molar-refractivity contribution in [2.24, 2.45) is 22.7 Å². The Morgan fingerprint density at radius 2 is 1.62 bits per heavy atom. The van der Waals surface area contributed by atoms with Gasteiger partial charge in [-0.3, -0.25) is 4.79 Å². The zero-order valence-corrected chi connectivity index (χ0v) is 32.4. The molecular formula is C39H58O17. The summed E-state index contributed by atoms with van der Waals surface area (Å²) in [6.07, 6.45) is -12.9. The molecule has 56 heavy (non-hydrogen) atoms. The molecule has 4 aliphatic carbocycles. The Balaban J connectivity index is 1.10. The van der Waals surface area contributed by atoms with Gasteiger partial charge in [-0.25, -0.2) is 4.79 Å². The zero-order chi connectivity index (χ0) is 40.7. The van der Waals surface area contributed by atoms with Crippen LogP contribution in [-0.2, 0) is 33.2 Å². The molecule has 1 aromatic rings. The van der Waals surface area contributed by atoms with E-state index in [-0.39, 0.29) is 25.7 Å². The summed E-state index contributed by atoms with van der Waals surface area (Å²) in [6, 6.07) is 2.92. The minimum atomic E-state index is -1.81. The van der Waals surface area contributed by atoms with Gasteiger partial charge in [-0.1, -0.05) is 13.8 Å². The van der Waals surface area contributed by atoms with Gasteiger partial charge in [0.05, 0.1) is 31.2 Å². The van der Waals surface area contributed by atoms with Gasteiger partial charge in [-0.15, -0.1) is 0 Å². The molecule has 17 heteroatoms. The van der Waals surface area contributed by atoms with Gasteiger partial charge in [0.15, 0.2) is 12.6 Å². The number of fused-ring (bicyclic) bond motifs is 5. The number of hydrogen-bond donors (Lipinski definition) is 8. The first-order chi connectivity index (χ1) is 26.3. The average Bonchev–Trinajstić information content (AvgIpc) is 3.44. The van der Waals surface area contributed by atoms with Crippen molar-refractivity contribution in [3.63, 3.8) is 0 Å². The van der Waals surface area contributed by atoms with E-state index >= 15 is 0 Å². The zero-order valence-electron chi connectivity index (χ0n) is 32.4. The largest absolute Gasteiger partial charge is 0.462 e.